The minimum absolute atomic E-state index is 0.758. The van der Waals surface area contributed by atoms with E-state index in [1.807, 2.05) is 36.4 Å². The largest absolute Gasteiger partial charge is 0.496 e. The normalized spacial score (nSPS) is 11.5. The third kappa shape index (κ3) is 4.57. The van der Waals surface area contributed by atoms with Crippen LogP contribution in [0, 0.1) is 0 Å². The highest BCUT2D eigenvalue weighted by Gasteiger charge is 2.05. The molecule has 136 valence electrons. The first-order chi connectivity index (χ1) is 12.8. The molecule has 3 aromatic rings. The van der Waals surface area contributed by atoms with Gasteiger partial charge >= 0.3 is 0 Å². The van der Waals surface area contributed by atoms with Crippen LogP contribution in [0.2, 0.25) is 0 Å². The number of rotatable bonds is 7. The van der Waals surface area contributed by atoms with Crippen LogP contribution in [0.15, 0.2) is 64.0 Å². The van der Waals surface area contributed by atoms with E-state index in [2.05, 4.69) is 33.8 Å². The predicted octanol–water partition coefficient (Wildman–Crippen LogP) is 3.39. The van der Waals surface area contributed by atoms with Crippen LogP contribution in [0.4, 0.5) is 0 Å². The maximum atomic E-state index is 5.83. The molecule has 0 saturated heterocycles. The predicted molar refractivity (Wildman–Crippen MR) is 106 cm³/mol. The van der Waals surface area contributed by atoms with Crippen LogP contribution in [-0.4, -0.2) is 33.2 Å². The molecule has 0 saturated carbocycles. The van der Waals surface area contributed by atoms with Crippen LogP contribution >= 0.6 is 0 Å². The number of furan rings is 1. The first kappa shape index (κ1) is 17.9. The number of nitrogens with zero attached hydrogens (tertiary/aromatic N) is 1. The summed E-state index contributed by atoms with van der Waals surface area (Å²) in [5, 5.41) is 7.80. The molecular formula is C21H25N3O2. The number of hydrogen-bond acceptors (Lipinski definition) is 3. The van der Waals surface area contributed by atoms with Gasteiger partial charge in [-0.3, -0.25) is 4.99 Å². The van der Waals surface area contributed by atoms with Gasteiger partial charge in [0.1, 0.15) is 17.1 Å². The van der Waals surface area contributed by atoms with E-state index in [1.165, 1.54) is 5.56 Å². The van der Waals surface area contributed by atoms with E-state index in [0.717, 1.165) is 54.4 Å². The van der Waals surface area contributed by atoms with Gasteiger partial charge in [0.25, 0.3) is 0 Å². The summed E-state index contributed by atoms with van der Waals surface area (Å²) in [4.78, 5) is 4.27. The van der Waals surface area contributed by atoms with Crippen LogP contribution in [0.3, 0.4) is 0 Å². The van der Waals surface area contributed by atoms with Gasteiger partial charge < -0.3 is 19.8 Å². The van der Waals surface area contributed by atoms with Gasteiger partial charge in [0.05, 0.1) is 7.11 Å². The molecule has 0 spiro atoms. The van der Waals surface area contributed by atoms with E-state index >= 15 is 0 Å². The van der Waals surface area contributed by atoms with E-state index < -0.39 is 0 Å². The summed E-state index contributed by atoms with van der Waals surface area (Å²) in [5.74, 6) is 2.68. The highest BCUT2D eigenvalue weighted by atomic mass is 16.5. The highest BCUT2D eigenvalue weighted by Crippen LogP contribution is 2.19. The van der Waals surface area contributed by atoms with Gasteiger partial charge in [-0.2, -0.15) is 0 Å². The van der Waals surface area contributed by atoms with Gasteiger partial charge in [0, 0.05) is 31.9 Å². The number of ether oxygens (including phenoxy) is 1. The molecular weight excluding hydrogens is 326 g/mol. The summed E-state index contributed by atoms with van der Waals surface area (Å²) in [6.07, 6.45) is 1.68. The standard InChI is InChI=1S/C21H25N3O2/c1-22-21(23-13-11-16-7-3-5-9-19(16)25-2)24-14-12-18-15-17-8-4-6-10-20(17)26-18/h3-10,15H,11-14H2,1-2H3,(H2,22,23,24). The number of para-hydroxylation sites is 2. The van der Waals surface area contributed by atoms with E-state index in [-0.39, 0.29) is 0 Å². The molecule has 0 radical (unpaired) electrons. The fraction of sp³-hybridized carbons (Fsp3) is 0.286. The van der Waals surface area contributed by atoms with Gasteiger partial charge in [0.15, 0.2) is 5.96 Å². The average Bonchev–Trinajstić information content (AvgIpc) is 3.10. The lowest BCUT2D eigenvalue weighted by Gasteiger charge is -2.12. The molecule has 2 aromatic carbocycles. The lowest BCUT2D eigenvalue weighted by molar-refractivity contribution is 0.409. The van der Waals surface area contributed by atoms with Gasteiger partial charge in [-0.15, -0.1) is 0 Å². The minimum atomic E-state index is 0.758. The first-order valence-electron chi connectivity index (χ1n) is 8.84. The molecule has 26 heavy (non-hydrogen) atoms. The Morgan fingerprint density at radius 1 is 1.00 bits per heavy atom. The molecule has 0 amide bonds. The molecule has 0 aliphatic carbocycles. The Morgan fingerprint density at radius 3 is 2.50 bits per heavy atom. The van der Waals surface area contributed by atoms with Crippen molar-refractivity contribution in [1.29, 1.82) is 0 Å². The van der Waals surface area contributed by atoms with Gasteiger partial charge in [0.2, 0.25) is 0 Å². The van der Waals surface area contributed by atoms with E-state index in [1.54, 1.807) is 14.2 Å². The Hall–Kier alpha value is -2.95. The lowest BCUT2D eigenvalue weighted by Crippen LogP contribution is -2.39. The molecule has 5 nitrogen and oxygen atoms in total. The second kappa shape index (κ2) is 8.94. The van der Waals surface area contributed by atoms with Crippen LogP contribution in [-0.2, 0) is 12.8 Å². The van der Waals surface area contributed by atoms with Crippen molar-refractivity contribution in [3.05, 3.63) is 65.9 Å². The third-order valence-corrected chi connectivity index (χ3v) is 4.24. The topological polar surface area (TPSA) is 58.8 Å². The first-order valence-corrected chi connectivity index (χ1v) is 8.84. The number of fused-ring (bicyclic) bond motifs is 1. The number of guanidine groups is 1. The van der Waals surface area contributed by atoms with Crippen molar-refractivity contribution in [2.75, 3.05) is 27.2 Å². The third-order valence-electron chi connectivity index (χ3n) is 4.24. The summed E-state index contributed by atoms with van der Waals surface area (Å²) >= 11 is 0. The van der Waals surface area contributed by atoms with E-state index in [9.17, 15) is 0 Å². The molecule has 5 heteroatoms. The number of methoxy groups -OCH3 is 1. The number of hydrogen-bond donors (Lipinski definition) is 2. The Morgan fingerprint density at radius 2 is 1.73 bits per heavy atom. The Kier molecular flexibility index (Phi) is 6.14. The monoisotopic (exact) mass is 351 g/mol. The van der Waals surface area contributed by atoms with Gasteiger partial charge in [-0.25, -0.2) is 0 Å². The lowest BCUT2D eigenvalue weighted by atomic mass is 10.1. The quantitative estimate of drug-likeness (QED) is 0.506. The number of nitrogens with one attached hydrogen (secondary N) is 2. The minimum Gasteiger partial charge on any atom is -0.496 e. The Balaban J connectivity index is 1.44. The molecule has 2 N–H and O–H groups in total. The van der Waals surface area contributed by atoms with Crippen LogP contribution in [0.1, 0.15) is 11.3 Å². The Labute approximate surface area is 154 Å². The zero-order valence-corrected chi connectivity index (χ0v) is 15.3. The van der Waals surface area contributed by atoms with Crippen LogP contribution in [0.25, 0.3) is 11.0 Å². The average molecular weight is 351 g/mol. The van der Waals surface area contributed by atoms with Crippen molar-refractivity contribution in [3.8, 4) is 5.75 Å². The molecule has 0 fully saturated rings. The van der Waals surface area contributed by atoms with Crippen molar-refractivity contribution in [2.45, 2.75) is 12.8 Å². The molecule has 0 unspecified atom stereocenters. The second-order valence-electron chi connectivity index (χ2n) is 5.99. The molecule has 0 aliphatic rings. The van der Waals surface area contributed by atoms with Crippen molar-refractivity contribution >= 4 is 16.9 Å². The maximum Gasteiger partial charge on any atom is 0.191 e. The second-order valence-corrected chi connectivity index (χ2v) is 5.99. The molecule has 0 atom stereocenters. The van der Waals surface area contributed by atoms with Crippen molar-refractivity contribution < 1.29 is 9.15 Å². The summed E-state index contributed by atoms with van der Waals surface area (Å²) < 4.78 is 11.2. The van der Waals surface area contributed by atoms with Gasteiger partial charge in [-0.1, -0.05) is 36.4 Å². The number of benzene rings is 2. The van der Waals surface area contributed by atoms with Crippen LogP contribution in [0.5, 0.6) is 5.75 Å². The SMILES string of the molecule is CN=C(NCCc1cc2ccccc2o1)NCCc1ccccc1OC. The number of aliphatic imine (C=N–C) groups is 1. The van der Waals surface area contributed by atoms with Crippen molar-refractivity contribution in [2.24, 2.45) is 4.99 Å². The van der Waals surface area contributed by atoms with Crippen molar-refractivity contribution in [1.82, 2.24) is 10.6 Å². The van der Waals surface area contributed by atoms with Gasteiger partial charge in [-0.05, 0) is 30.2 Å². The molecule has 0 bridgehead atoms. The smallest absolute Gasteiger partial charge is 0.191 e. The Bertz CT molecular complexity index is 837. The van der Waals surface area contributed by atoms with E-state index in [0.29, 0.717) is 0 Å². The maximum absolute atomic E-state index is 5.83. The van der Waals surface area contributed by atoms with E-state index in [4.69, 9.17) is 9.15 Å². The fourth-order valence-corrected chi connectivity index (χ4v) is 2.91. The zero-order valence-electron chi connectivity index (χ0n) is 15.3. The summed E-state index contributed by atoms with van der Waals surface area (Å²) in [7, 11) is 3.48. The zero-order chi connectivity index (χ0) is 18.2. The fourth-order valence-electron chi connectivity index (χ4n) is 2.91. The molecule has 1 heterocycles. The summed E-state index contributed by atoms with van der Waals surface area (Å²) in [6.45, 7) is 1.54. The molecule has 1 aromatic heterocycles. The van der Waals surface area contributed by atoms with Crippen molar-refractivity contribution in [3.63, 3.8) is 0 Å². The van der Waals surface area contributed by atoms with Crippen LogP contribution < -0.4 is 15.4 Å². The molecule has 3 rings (SSSR count). The summed E-state index contributed by atoms with van der Waals surface area (Å²) in [5.41, 5.74) is 2.11. The summed E-state index contributed by atoms with van der Waals surface area (Å²) in [6, 6.07) is 18.2. The molecule has 0 aliphatic heterocycles. The highest BCUT2D eigenvalue weighted by molar-refractivity contribution is 5.80.